The zero-order valence-corrected chi connectivity index (χ0v) is 10.6. The molecule has 0 saturated heterocycles. The number of benzene rings is 2. The molecular weight excluding hydrogens is 247 g/mol. The van der Waals surface area contributed by atoms with Gasteiger partial charge in [0.1, 0.15) is 0 Å². The maximum Gasteiger partial charge on any atom is 0.196 e. The second kappa shape index (κ2) is 5.52. The Balaban J connectivity index is 2.47. The molecule has 0 aliphatic carbocycles. The van der Waals surface area contributed by atoms with Crippen LogP contribution >= 0.6 is 0 Å². The van der Waals surface area contributed by atoms with E-state index in [4.69, 9.17) is 9.47 Å². The van der Waals surface area contributed by atoms with Crippen LogP contribution in [0.15, 0.2) is 42.5 Å². The van der Waals surface area contributed by atoms with Gasteiger partial charge in [-0.1, -0.05) is 30.3 Å². The van der Waals surface area contributed by atoms with Crippen LogP contribution in [0.25, 0.3) is 0 Å². The van der Waals surface area contributed by atoms with Crippen LogP contribution in [0.4, 0.5) is 4.39 Å². The zero-order chi connectivity index (χ0) is 13.8. The molecule has 2 aromatic carbocycles. The maximum absolute atomic E-state index is 13.8. The van der Waals surface area contributed by atoms with Crippen molar-refractivity contribution in [2.75, 3.05) is 14.2 Å². The molecule has 0 fully saturated rings. The van der Waals surface area contributed by atoms with E-state index in [9.17, 15) is 9.18 Å². The number of hydrogen-bond acceptors (Lipinski definition) is 3. The molecule has 2 aromatic rings. The van der Waals surface area contributed by atoms with Crippen molar-refractivity contribution in [3.8, 4) is 11.5 Å². The number of ether oxygens (including phenoxy) is 2. The van der Waals surface area contributed by atoms with Gasteiger partial charge in [0, 0.05) is 11.1 Å². The quantitative estimate of drug-likeness (QED) is 0.792. The average molecular weight is 260 g/mol. The SMILES string of the molecule is COc1cc(C(=O)c2ccccc2)cc(F)c1OC. The van der Waals surface area contributed by atoms with Crippen molar-refractivity contribution in [1.29, 1.82) is 0 Å². The number of methoxy groups -OCH3 is 2. The molecule has 0 aliphatic rings. The van der Waals surface area contributed by atoms with Crippen molar-refractivity contribution in [2.24, 2.45) is 0 Å². The van der Waals surface area contributed by atoms with Gasteiger partial charge in [-0.15, -0.1) is 0 Å². The molecule has 0 aromatic heterocycles. The van der Waals surface area contributed by atoms with Gasteiger partial charge in [-0.25, -0.2) is 4.39 Å². The average Bonchev–Trinajstić information content (AvgIpc) is 2.46. The first-order chi connectivity index (χ1) is 9.17. The first-order valence-corrected chi connectivity index (χ1v) is 5.68. The summed E-state index contributed by atoms with van der Waals surface area (Å²) in [4.78, 5) is 12.2. The van der Waals surface area contributed by atoms with Crippen LogP contribution in [0, 0.1) is 5.82 Å². The summed E-state index contributed by atoms with van der Waals surface area (Å²) in [5.41, 5.74) is 0.718. The standard InChI is InChI=1S/C15H13FO3/c1-18-13-9-11(8-12(16)15(13)19-2)14(17)10-6-4-3-5-7-10/h3-9H,1-2H3. The van der Waals surface area contributed by atoms with Crippen LogP contribution < -0.4 is 9.47 Å². The van der Waals surface area contributed by atoms with E-state index in [1.165, 1.54) is 20.3 Å². The van der Waals surface area contributed by atoms with E-state index < -0.39 is 5.82 Å². The van der Waals surface area contributed by atoms with Crippen molar-refractivity contribution >= 4 is 5.78 Å². The number of ketones is 1. The highest BCUT2D eigenvalue weighted by Crippen LogP contribution is 2.32. The summed E-state index contributed by atoms with van der Waals surface area (Å²) in [6, 6.07) is 11.3. The molecule has 0 heterocycles. The molecule has 0 unspecified atom stereocenters. The van der Waals surface area contributed by atoms with Gasteiger partial charge in [0.2, 0.25) is 0 Å². The Morgan fingerprint density at radius 1 is 1.00 bits per heavy atom. The third kappa shape index (κ3) is 2.57. The van der Waals surface area contributed by atoms with Gasteiger partial charge in [0.05, 0.1) is 14.2 Å². The lowest BCUT2D eigenvalue weighted by Gasteiger charge is -2.10. The highest BCUT2D eigenvalue weighted by atomic mass is 19.1. The second-order valence-electron chi connectivity index (χ2n) is 3.89. The van der Waals surface area contributed by atoms with Crippen molar-refractivity contribution in [3.63, 3.8) is 0 Å². The fraction of sp³-hybridized carbons (Fsp3) is 0.133. The molecule has 0 amide bonds. The van der Waals surface area contributed by atoms with E-state index in [1.54, 1.807) is 24.3 Å². The predicted molar refractivity (Wildman–Crippen MR) is 69.4 cm³/mol. The van der Waals surface area contributed by atoms with Gasteiger partial charge in [0.25, 0.3) is 0 Å². The minimum absolute atomic E-state index is 0.00730. The Hall–Kier alpha value is -2.36. The van der Waals surface area contributed by atoms with E-state index in [1.807, 2.05) is 6.07 Å². The van der Waals surface area contributed by atoms with Gasteiger partial charge in [-0.2, -0.15) is 0 Å². The molecule has 3 nitrogen and oxygen atoms in total. The largest absolute Gasteiger partial charge is 0.493 e. The van der Waals surface area contributed by atoms with Crippen molar-refractivity contribution in [3.05, 3.63) is 59.4 Å². The van der Waals surface area contributed by atoms with E-state index in [0.29, 0.717) is 5.56 Å². The summed E-state index contributed by atoms with van der Waals surface area (Å²) in [5.74, 6) is -0.699. The molecule has 0 bridgehead atoms. The number of hydrogen-bond donors (Lipinski definition) is 0. The molecule has 0 aliphatic heterocycles. The van der Waals surface area contributed by atoms with E-state index in [2.05, 4.69) is 0 Å². The Morgan fingerprint density at radius 2 is 1.68 bits per heavy atom. The summed E-state index contributed by atoms with van der Waals surface area (Å²) in [5, 5.41) is 0. The Labute approximate surface area is 110 Å². The number of carbonyl (C=O) groups is 1. The molecule has 0 N–H and O–H groups in total. The van der Waals surface area contributed by atoms with Crippen molar-refractivity contribution in [1.82, 2.24) is 0 Å². The molecule has 19 heavy (non-hydrogen) atoms. The highest BCUT2D eigenvalue weighted by molar-refractivity contribution is 6.09. The topological polar surface area (TPSA) is 35.5 Å². The number of halogens is 1. The van der Waals surface area contributed by atoms with Crippen molar-refractivity contribution in [2.45, 2.75) is 0 Å². The summed E-state index contributed by atoms with van der Waals surface area (Å²) in [6.07, 6.45) is 0. The van der Waals surface area contributed by atoms with E-state index in [-0.39, 0.29) is 22.8 Å². The number of rotatable bonds is 4. The normalized spacial score (nSPS) is 10.1. The molecular formula is C15H13FO3. The molecule has 98 valence electrons. The molecule has 4 heteroatoms. The second-order valence-corrected chi connectivity index (χ2v) is 3.89. The van der Waals surface area contributed by atoms with Gasteiger partial charge >= 0.3 is 0 Å². The van der Waals surface area contributed by atoms with Crippen LogP contribution in [-0.4, -0.2) is 20.0 Å². The van der Waals surface area contributed by atoms with Crippen LogP contribution in [0.5, 0.6) is 11.5 Å². The monoisotopic (exact) mass is 260 g/mol. The lowest BCUT2D eigenvalue weighted by Crippen LogP contribution is -2.04. The van der Waals surface area contributed by atoms with Crippen LogP contribution in [-0.2, 0) is 0 Å². The smallest absolute Gasteiger partial charge is 0.196 e. The fourth-order valence-corrected chi connectivity index (χ4v) is 1.81. The highest BCUT2D eigenvalue weighted by Gasteiger charge is 2.17. The molecule has 0 radical (unpaired) electrons. The lowest BCUT2D eigenvalue weighted by molar-refractivity contribution is 0.103. The van der Waals surface area contributed by atoms with Gasteiger partial charge in [-0.3, -0.25) is 4.79 Å². The third-order valence-electron chi connectivity index (χ3n) is 2.73. The van der Waals surface area contributed by atoms with Crippen LogP contribution in [0.2, 0.25) is 0 Å². The Bertz CT molecular complexity index is 594. The van der Waals surface area contributed by atoms with E-state index >= 15 is 0 Å². The molecule has 0 atom stereocenters. The van der Waals surface area contributed by atoms with E-state index in [0.717, 1.165) is 6.07 Å². The molecule has 2 rings (SSSR count). The minimum Gasteiger partial charge on any atom is -0.493 e. The van der Waals surface area contributed by atoms with Crippen LogP contribution in [0.3, 0.4) is 0 Å². The predicted octanol–water partition coefficient (Wildman–Crippen LogP) is 3.07. The first kappa shape index (κ1) is 13.1. The van der Waals surface area contributed by atoms with Crippen molar-refractivity contribution < 1.29 is 18.7 Å². The lowest BCUT2D eigenvalue weighted by atomic mass is 10.0. The fourth-order valence-electron chi connectivity index (χ4n) is 1.81. The van der Waals surface area contributed by atoms with Crippen LogP contribution in [0.1, 0.15) is 15.9 Å². The zero-order valence-electron chi connectivity index (χ0n) is 10.6. The maximum atomic E-state index is 13.8. The summed E-state index contributed by atoms with van der Waals surface area (Å²) in [7, 11) is 2.74. The van der Waals surface area contributed by atoms with Gasteiger partial charge in [-0.05, 0) is 12.1 Å². The summed E-state index contributed by atoms with van der Waals surface area (Å²) >= 11 is 0. The third-order valence-corrected chi connectivity index (χ3v) is 2.73. The minimum atomic E-state index is -0.624. The van der Waals surface area contributed by atoms with Gasteiger partial charge in [0.15, 0.2) is 23.1 Å². The molecule has 0 saturated carbocycles. The molecule has 0 spiro atoms. The Morgan fingerprint density at radius 3 is 2.26 bits per heavy atom. The summed E-state index contributed by atoms with van der Waals surface area (Å²) < 4.78 is 23.7. The number of carbonyl (C=O) groups excluding carboxylic acids is 1. The summed E-state index contributed by atoms with van der Waals surface area (Å²) in [6.45, 7) is 0. The first-order valence-electron chi connectivity index (χ1n) is 5.68. The Kier molecular flexibility index (Phi) is 3.80. The van der Waals surface area contributed by atoms with Gasteiger partial charge < -0.3 is 9.47 Å².